The average Bonchev–Trinajstić information content (AvgIpc) is 3.03. The van der Waals surface area contributed by atoms with Crippen molar-refractivity contribution in [1.82, 2.24) is 20.2 Å². The van der Waals surface area contributed by atoms with Crippen LogP contribution in [0.5, 0.6) is 0 Å². The molecule has 0 fully saturated rings. The Bertz CT molecular complexity index is 1190. The highest BCUT2D eigenvalue weighted by molar-refractivity contribution is 5.95. The van der Waals surface area contributed by atoms with Crippen molar-refractivity contribution in [1.29, 1.82) is 0 Å². The van der Waals surface area contributed by atoms with Gasteiger partial charge in [0.2, 0.25) is 5.91 Å². The highest BCUT2D eigenvalue weighted by Gasteiger charge is 2.29. The number of alkyl carbamates (subject to hydrolysis) is 1. The molecule has 2 aromatic carbocycles. The number of amides is 2. The van der Waals surface area contributed by atoms with Gasteiger partial charge >= 0.3 is 11.8 Å². The molecule has 2 heterocycles. The van der Waals surface area contributed by atoms with Crippen LogP contribution in [0, 0.1) is 0 Å². The Morgan fingerprint density at radius 3 is 2.62 bits per heavy atom. The monoisotopic (exact) mass is 436 g/mol. The van der Waals surface area contributed by atoms with Gasteiger partial charge in [-0.05, 0) is 50.8 Å². The predicted molar refractivity (Wildman–Crippen MR) is 121 cm³/mol. The lowest BCUT2D eigenvalue weighted by Crippen LogP contribution is -2.54. The number of nitrogens with zero attached hydrogens (tertiary/aromatic N) is 1. The van der Waals surface area contributed by atoms with E-state index in [1.807, 2.05) is 48.5 Å². The van der Waals surface area contributed by atoms with Gasteiger partial charge in [0, 0.05) is 12.6 Å². The molecule has 168 valence electrons. The van der Waals surface area contributed by atoms with Gasteiger partial charge in [-0.15, -0.1) is 0 Å². The summed E-state index contributed by atoms with van der Waals surface area (Å²) >= 11 is 0. The summed E-state index contributed by atoms with van der Waals surface area (Å²) in [6, 6.07) is 14.6. The highest BCUT2D eigenvalue weighted by atomic mass is 16.6. The van der Waals surface area contributed by atoms with E-state index < -0.39 is 23.6 Å². The van der Waals surface area contributed by atoms with Gasteiger partial charge in [0.15, 0.2) is 0 Å². The van der Waals surface area contributed by atoms with Crippen LogP contribution in [0.15, 0.2) is 53.3 Å². The number of hydrogen-bond donors (Lipinski definition) is 3. The minimum Gasteiger partial charge on any atom is -0.444 e. The Balaban J connectivity index is 1.54. The maximum absolute atomic E-state index is 13.0. The lowest BCUT2D eigenvalue weighted by molar-refractivity contribution is -0.123. The summed E-state index contributed by atoms with van der Waals surface area (Å²) in [6.07, 6.45) is 0.282. The van der Waals surface area contributed by atoms with Crippen LogP contribution in [0.4, 0.5) is 4.79 Å². The molecule has 0 spiro atoms. The van der Waals surface area contributed by atoms with Crippen molar-refractivity contribution in [2.75, 3.05) is 0 Å². The second-order valence-corrected chi connectivity index (χ2v) is 9.16. The number of aromatic nitrogens is 2. The quantitative estimate of drug-likeness (QED) is 0.570. The van der Waals surface area contributed by atoms with E-state index >= 15 is 0 Å². The van der Waals surface area contributed by atoms with Gasteiger partial charge in [0.1, 0.15) is 5.60 Å². The van der Waals surface area contributed by atoms with Gasteiger partial charge in [-0.2, -0.15) is 0 Å². The Kier molecular flexibility index (Phi) is 5.88. The third kappa shape index (κ3) is 4.91. The van der Waals surface area contributed by atoms with E-state index in [1.165, 1.54) is 0 Å². The number of imidazole rings is 1. The summed E-state index contributed by atoms with van der Waals surface area (Å²) < 4.78 is 6.95. The maximum atomic E-state index is 13.0. The molecule has 8 heteroatoms. The molecule has 0 radical (unpaired) electrons. The fourth-order valence-electron chi connectivity index (χ4n) is 4.15. The summed E-state index contributed by atoms with van der Waals surface area (Å²) in [4.78, 5) is 40.5. The van der Waals surface area contributed by atoms with E-state index in [0.29, 0.717) is 19.4 Å². The van der Waals surface area contributed by atoms with Gasteiger partial charge in [0.25, 0.3) is 0 Å². The normalized spacial score (nSPS) is 16.5. The van der Waals surface area contributed by atoms with Gasteiger partial charge in [0.05, 0.1) is 17.1 Å². The smallest absolute Gasteiger partial charge is 0.414 e. The minimum atomic E-state index is -0.778. The van der Waals surface area contributed by atoms with Crippen LogP contribution in [-0.2, 0) is 28.9 Å². The molecule has 4 rings (SSSR count). The molecule has 8 nitrogen and oxygen atoms in total. The molecule has 2 atom stereocenters. The molecular weight excluding hydrogens is 408 g/mol. The summed E-state index contributed by atoms with van der Waals surface area (Å²) in [5.74, 6) is -0.464. The minimum absolute atomic E-state index is 0.153. The first kappa shape index (κ1) is 21.8. The lowest BCUT2D eigenvalue weighted by atomic mass is 9.98. The summed E-state index contributed by atoms with van der Waals surface area (Å²) in [7, 11) is 0. The summed E-state index contributed by atoms with van der Waals surface area (Å²) in [5.41, 5.74) is 2.85. The topological polar surface area (TPSA) is 105 Å². The number of H-pyrrole nitrogens is 1. The molecule has 2 amide bonds. The van der Waals surface area contributed by atoms with Crippen molar-refractivity contribution < 1.29 is 14.3 Å². The third-order valence-corrected chi connectivity index (χ3v) is 5.41. The van der Waals surface area contributed by atoms with Crippen LogP contribution in [0.1, 0.15) is 31.9 Å². The average molecular weight is 437 g/mol. The van der Waals surface area contributed by atoms with E-state index in [0.717, 1.165) is 22.2 Å². The standard InChI is InChI=1S/C24H28N4O4/c1-24(2,3)32-23(31)27-21(29)19(12-15-8-5-4-6-9-15)25-17-13-16-10-7-11-18-20(16)28(14-17)22(30)26-18/h4-11,17,19,25H,12-14H2,1-3H3,(H,26,30)(H,27,29,31)/t17?,19-/m0/s1. The number of carbonyl (C=O) groups is 2. The molecular formula is C24H28N4O4. The van der Waals surface area contributed by atoms with E-state index in [1.54, 1.807) is 25.3 Å². The van der Waals surface area contributed by atoms with E-state index in [9.17, 15) is 14.4 Å². The number of nitrogens with one attached hydrogen (secondary N) is 3. The highest BCUT2D eigenvalue weighted by Crippen LogP contribution is 2.23. The Hall–Kier alpha value is -3.39. The van der Waals surface area contributed by atoms with Gasteiger partial charge in [-0.1, -0.05) is 42.5 Å². The molecule has 3 N–H and O–H groups in total. The van der Waals surface area contributed by atoms with Crippen LogP contribution in [0.25, 0.3) is 11.0 Å². The molecule has 1 aliphatic heterocycles. The molecule has 32 heavy (non-hydrogen) atoms. The van der Waals surface area contributed by atoms with Crippen molar-refractivity contribution >= 4 is 23.0 Å². The molecule has 0 saturated carbocycles. The number of benzene rings is 2. The number of imide groups is 1. The summed E-state index contributed by atoms with van der Waals surface area (Å²) in [6.45, 7) is 5.66. The number of hydrogen-bond acceptors (Lipinski definition) is 5. The van der Waals surface area contributed by atoms with Crippen LogP contribution >= 0.6 is 0 Å². The largest absolute Gasteiger partial charge is 0.444 e. The molecule has 1 unspecified atom stereocenters. The number of aromatic amines is 1. The van der Waals surface area contributed by atoms with Gasteiger partial charge in [-0.25, -0.2) is 9.59 Å². The van der Waals surface area contributed by atoms with Crippen LogP contribution in [0.3, 0.4) is 0 Å². The zero-order valence-electron chi connectivity index (χ0n) is 18.5. The maximum Gasteiger partial charge on any atom is 0.414 e. The van der Waals surface area contributed by atoms with Crippen molar-refractivity contribution in [2.45, 2.75) is 57.8 Å². The number of para-hydroxylation sites is 1. The molecule has 0 saturated heterocycles. The fraction of sp³-hybridized carbons (Fsp3) is 0.375. The first-order chi connectivity index (χ1) is 15.2. The third-order valence-electron chi connectivity index (χ3n) is 5.41. The molecule has 1 aliphatic rings. The zero-order valence-corrected chi connectivity index (χ0v) is 18.5. The molecule has 1 aromatic heterocycles. The first-order valence-electron chi connectivity index (χ1n) is 10.7. The SMILES string of the molecule is CC(C)(C)OC(=O)NC(=O)[C@H](Cc1ccccc1)NC1Cc2cccc3[nH]c(=O)n(c23)C1. The van der Waals surface area contributed by atoms with Crippen molar-refractivity contribution in [3.63, 3.8) is 0 Å². The van der Waals surface area contributed by atoms with E-state index in [4.69, 9.17) is 4.74 Å². The van der Waals surface area contributed by atoms with Gasteiger partial charge in [-0.3, -0.25) is 14.7 Å². The molecule has 3 aromatic rings. The number of ether oxygens (including phenoxy) is 1. The second-order valence-electron chi connectivity index (χ2n) is 9.16. The molecule has 0 aliphatic carbocycles. The van der Waals surface area contributed by atoms with Crippen molar-refractivity contribution in [3.8, 4) is 0 Å². The predicted octanol–water partition coefficient (Wildman–Crippen LogP) is 2.51. The number of rotatable bonds is 5. The van der Waals surface area contributed by atoms with Crippen LogP contribution < -0.4 is 16.3 Å². The first-order valence-corrected chi connectivity index (χ1v) is 10.7. The van der Waals surface area contributed by atoms with Crippen molar-refractivity contribution in [3.05, 3.63) is 70.1 Å². The van der Waals surface area contributed by atoms with Crippen LogP contribution in [-0.4, -0.2) is 39.2 Å². The Morgan fingerprint density at radius 2 is 1.91 bits per heavy atom. The fourth-order valence-corrected chi connectivity index (χ4v) is 4.15. The van der Waals surface area contributed by atoms with E-state index in [-0.39, 0.29) is 11.7 Å². The Morgan fingerprint density at radius 1 is 1.16 bits per heavy atom. The number of carbonyl (C=O) groups excluding carboxylic acids is 2. The van der Waals surface area contributed by atoms with Crippen LogP contribution in [0.2, 0.25) is 0 Å². The summed E-state index contributed by atoms with van der Waals surface area (Å²) in [5, 5.41) is 5.73. The zero-order chi connectivity index (χ0) is 22.9. The second kappa shape index (κ2) is 8.63. The Labute approximate surface area is 186 Å². The molecule has 0 bridgehead atoms. The van der Waals surface area contributed by atoms with Gasteiger partial charge < -0.3 is 15.0 Å². The van der Waals surface area contributed by atoms with Crippen molar-refractivity contribution in [2.24, 2.45) is 0 Å². The lowest BCUT2D eigenvalue weighted by Gasteiger charge is -2.29. The van der Waals surface area contributed by atoms with E-state index in [2.05, 4.69) is 15.6 Å².